The molecule has 2 aliphatic rings. The molecular formula is C22H25Br2N3O2. The van der Waals surface area contributed by atoms with Crippen molar-refractivity contribution in [2.75, 3.05) is 31.6 Å². The number of carbonyl (C=O) groups is 1. The van der Waals surface area contributed by atoms with Gasteiger partial charge in [-0.3, -0.25) is 4.79 Å². The van der Waals surface area contributed by atoms with Gasteiger partial charge in [0, 0.05) is 31.4 Å². The molecule has 0 saturated carbocycles. The smallest absolute Gasteiger partial charge is 0.243 e. The average molecular weight is 523 g/mol. The second-order valence-electron chi connectivity index (χ2n) is 7.90. The Hall–Kier alpha value is -1.57. The summed E-state index contributed by atoms with van der Waals surface area (Å²) in [5.41, 5.74) is 8.06. The van der Waals surface area contributed by atoms with Crippen LogP contribution < -0.4 is 15.4 Å². The van der Waals surface area contributed by atoms with Gasteiger partial charge >= 0.3 is 0 Å². The number of nitrogens with two attached hydrogens (primary N) is 1. The first kappa shape index (κ1) is 20.7. The number of amides is 1. The zero-order chi connectivity index (χ0) is 20.6. The summed E-state index contributed by atoms with van der Waals surface area (Å²) in [6.45, 7) is 2.42. The minimum absolute atomic E-state index is 0.0736. The van der Waals surface area contributed by atoms with Crippen molar-refractivity contribution in [1.29, 1.82) is 0 Å². The van der Waals surface area contributed by atoms with Gasteiger partial charge in [0.2, 0.25) is 5.91 Å². The van der Waals surface area contributed by atoms with Crippen molar-refractivity contribution in [3.05, 3.63) is 57.0 Å². The Morgan fingerprint density at radius 1 is 1.17 bits per heavy atom. The Morgan fingerprint density at radius 2 is 1.86 bits per heavy atom. The molecule has 2 atom stereocenters. The number of fused-ring (bicyclic) bond motifs is 1. The Bertz CT molecular complexity index is 885. The Morgan fingerprint density at radius 3 is 2.52 bits per heavy atom. The highest BCUT2D eigenvalue weighted by atomic mass is 79.9. The molecule has 0 spiro atoms. The third-order valence-electron chi connectivity index (χ3n) is 6.00. The van der Waals surface area contributed by atoms with Crippen LogP contribution in [0.15, 0.2) is 51.4 Å². The van der Waals surface area contributed by atoms with Crippen LogP contribution >= 0.6 is 31.9 Å². The molecule has 2 aromatic carbocycles. The SMILES string of the molecule is COc1c(Br)cc(C[C@@]2(N)CC[C@H]3CN(c4ccccc4)CCN3C2=O)cc1Br. The monoisotopic (exact) mass is 521 g/mol. The van der Waals surface area contributed by atoms with Crippen LogP contribution in [0.3, 0.4) is 0 Å². The Labute approximate surface area is 188 Å². The third kappa shape index (κ3) is 4.05. The minimum Gasteiger partial charge on any atom is -0.494 e. The van der Waals surface area contributed by atoms with Gasteiger partial charge in [-0.05, 0) is 81.0 Å². The topological polar surface area (TPSA) is 58.8 Å². The fraction of sp³-hybridized carbons (Fsp3) is 0.409. The van der Waals surface area contributed by atoms with Crippen molar-refractivity contribution in [3.63, 3.8) is 0 Å². The van der Waals surface area contributed by atoms with Crippen LogP contribution in [-0.2, 0) is 11.2 Å². The summed E-state index contributed by atoms with van der Waals surface area (Å²) in [6, 6.07) is 14.6. The van der Waals surface area contributed by atoms with E-state index in [1.54, 1.807) is 7.11 Å². The van der Waals surface area contributed by atoms with E-state index < -0.39 is 5.54 Å². The van der Waals surface area contributed by atoms with Gasteiger partial charge in [-0.15, -0.1) is 0 Å². The van der Waals surface area contributed by atoms with E-state index in [9.17, 15) is 4.79 Å². The van der Waals surface area contributed by atoms with Gasteiger partial charge in [-0.2, -0.15) is 0 Å². The fourth-order valence-corrected chi connectivity index (χ4v) is 6.10. The van der Waals surface area contributed by atoms with E-state index in [-0.39, 0.29) is 11.9 Å². The number of anilines is 1. The molecule has 1 amide bonds. The van der Waals surface area contributed by atoms with Crippen LogP contribution in [0.5, 0.6) is 5.75 Å². The number of rotatable bonds is 4. The van der Waals surface area contributed by atoms with Crippen molar-refractivity contribution in [2.45, 2.75) is 30.8 Å². The Balaban J connectivity index is 1.49. The molecule has 0 radical (unpaired) electrons. The molecule has 0 aromatic heterocycles. The lowest BCUT2D eigenvalue weighted by Crippen LogP contribution is -2.67. The number of methoxy groups -OCH3 is 1. The van der Waals surface area contributed by atoms with Crippen LogP contribution in [0.1, 0.15) is 18.4 Å². The molecule has 29 heavy (non-hydrogen) atoms. The summed E-state index contributed by atoms with van der Waals surface area (Å²) in [7, 11) is 1.63. The van der Waals surface area contributed by atoms with Crippen molar-refractivity contribution < 1.29 is 9.53 Å². The second kappa shape index (κ2) is 8.28. The van der Waals surface area contributed by atoms with Gasteiger partial charge in [0.1, 0.15) is 5.75 Å². The maximum atomic E-state index is 13.4. The highest BCUT2D eigenvalue weighted by Crippen LogP contribution is 2.37. The maximum absolute atomic E-state index is 13.4. The third-order valence-corrected chi connectivity index (χ3v) is 7.17. The number of halogens is 2. The predicted molar refractivity (Wildman–Crippen MR) is 122 cm³/mol. The van der Waals surface area contributed by atoms with E-state index in [0.717, 1.165) is 39.8 Å². The van der Waals surface area contributed by atoms with Gasteiger partial charge in [0.15, 0.2) is 0 Å². The molecule has 0 unspecified atom stereocenters. The van der Waals surface area contributed by atoms with Gasteiger partial charge < -0.3 is 20.3 Å². The highest BCUT2D eigenvalue weighted by Gasteiger charge is 2.46. The summed E-state index contributed by atoms with van der Waals surface area (Å²) in [5.74, 6) is 0.816. The van der Waals surface area contributed by atoms with Crippen molar-refractivity contribution in [2.24, 2.45) is 5.73 Å². The number of piperazine rings is 1. The summed E-state index contributed by atoms with van der Waals surface area (Å²) >= 11 is 7.09. The zero-order valence-corrected chi connectivity index (χ0v) is 19.6. The first-order chi connectivity index (χ1) is 13.9. The lowest BCUT2D eigenvalue weighted by atomic mass is 9.80. The molecule has 2 aromatic rings. The van der Waals surface area contributed by atoms with Crippen molar-refractivity contribution in [3.8, 4) is 5.75 Å². The summed E-state index contributed by atoms with van der Waals surface area (Å²) in [4.78, 5) is 17.7. The number of para-hydroxylation sites is 1. The quantitative estimate of drug-likeness (QED) is 0.660. The minimum atomic E-state index is -0.862. The van der Waals surface area contributed by atoms with E-state index in [1.807, 2.05) is 23.1 Å². The van der Waals surface area contributed by atoms with Crippen LogP contribution in [0.25, 0.3) is 0 Å². The maximum Gasteiger partial charge on any atom is 0.243 e. The van der Waals surface area contributed by atoms with Crippen LogP contribution in [-0.4, -0.2) is 49.1 Å². The van der Waals surface area contributed by atoms with E-state index in [1.165, 1.54) is 5.69 Å². The van der Waals surface area contributed by atoms with Crippen LogP contribution in [0.4, 0.5) is 5.69 Å². The predicted octanol–water partition coefficient (Wildman–Crippen LogP) is 3.97. The molecule has 154 valence electrons. The molecule has 7 heteroatoms. The highest BCUT2D eigenvalue weighted by molar-refractivity contribution is 9.11. The lowest BCUT2D eigenvalue weighted by Gasteiger charge is -2.49. The molecule has 4 rings (SSSR count). The number of piperidine rings is 1. The fourth-order valence-electron chi connectivity index (χ4n) is 4.50. The van der Waals surface area contributed by atoms with Gasteiger partial charge in [0.05, 0.1) is 21.6 Å². The van der Waals surface area contributed by atoms with Gasteiger partial charge in [-0.1, -0.05) is 18.2 Å². The van der Waals surface area contributed by atoms with E-state index in [0.29, 0.717) is 19.4 Å². The molecule has 0 bridgehead atoms. The van der Waals surface area contributed by atoms with Crippen LogP contribution in [0, 0.1) is 0 Å². The second-order valence-corrected chi connectivity index (χ2v) is 9.61. The number of nitrogens with zero attached hydrogens (tertiary/aromatic N) is 2. The molecule has 0 aliphatic carbocycles. The first-order valence-electron chi connectivity index (χ1n) is 9.83. The summed E-state index contributed by atoms with van der Waals surface area (Å²) in [5, 5.41) is 0. The summed E-state index contributed by atoms with van der Waals surface area (Å²) < 4.78 is 7.08. The lowest BCUT2D eigenvalue weighted by molar-refractivity contribution is -0.144. The normalized spacial score (nSPS) is 24.4. The molecule has 2 N–H and O–H groups in total. The van der Waals surface area contributed by atoms with E-state index in [4.69, 9.17) is 10.5 Å². The molecule has 2 saturated heterocycles. The molecule has 2 fully saturated rings. The summed E-state index contributed by atoms with van der Waals surface area (Å²) in [6.07, 6.45) is 2.12. The van der Waals surface area contributed by atoms with Crippen molar-refractivity contribution in [1.82, 2.24) is 4.90 Å². The van der Waals surface area contributed by atoms with Gasteiger partial charge in [-0.25, -0.2) is 0 Å². The standard InChI is InChI=1S/C22H25Br2N3O2/c1-29-20-18(23)11-15(12-19(20)24)13-22(25)8-7-17-14-26(9-10-27(17)21(22)28)16-5-3-2-4-6-16/h2-6,11-12,17H,7-10,13-14,25H2,1H3/t17-,22-/m0/s1. The van der Waals surface area contributed by atoms with Crippen molar-refractivity contribution >= 4 is 43.5 Å². The largest absolute Gasteiger partial charge is 0.494 e. The molecular weight excluding hydrogens is 498 g/mol. The first-order valence-corrected chi connectivity index (χ1v) is 11.4. The molecule has 2 aliphatic heterocycles. The molecule has 2 heterocycles. The van der Waals surface area contributed by atoms with Gasteiger partial charge in [0.25, 0.3) is 0 Å². The number of benzene rings is 2. The number of hydrogen-bond donors (Lipinski definition) is 1. The van der Waals surface area contributed by atoms with Crippen LogP contribution in [0.2, 0.25) is 0 Å². The van der Waals surface area contributed by atoms with E-state index in [2.05, 4.69) is 61.0 Å². The Kier molecular flexibility index (Phi) is 5.91. The number of ether oxygens (including phenoxy) is 1. The average Bonchev–Trinajstić information content (AvgIpc) is 2.71. The number of carbonyl (C=O) groups excluding carboxylic acids is 1. The zero-order valence-electron chi connectivity index (χ0n) is 16.4. The number of hydrogen-bond acceptors (Lipinski definition) is 4. The van der Waals surface area contributed by atoms with E-state index >= 15 is 0 Å². The molecule has 5 nitrogen and oxygen atoms in total.